The molecular formula is C24H32N4O. The molecule has 0 radical (unpaired) electrons. The standard InChI is InChI=1S/C24H32N4O/c29-24(28-18-16-26(17-19-28)21-10-4-3-5-11-21)20-25-22-12-6-7-13-23(22)27-14-8-1-2-9-15-27/h3-7,10-13,25H,1-2,8-9,14-20H2. The number of para-hydroxylation sites is 3. The van der Waals surface area contributed by atoms with Gasteiger partial charge in [0.2, 0.25) is 5.91 Å². The minimum absolute atomic E-state index is 0.184. The van der Waals surface area contributed by atoms with Crippen LogP contribution in [0.1, 0.15) is 25.7 Å². The number of hydrogen-bond acceptors (Lipinski definition) is 4. The molecule has 1 amide bonds. The summed E-state index contributed by atoms with van der Waals surface area (Å²) in [6, 6.07) is 18.9. The highest BCUT2D eigenvalue weighted by Gasteiger charge is 2.21. The molecule has 2 aliphatic rings. The lowest BCUT2D eigenvalue weighted by atomic mass is 10.2. The molecule has 0 saturated carbocycles. The predicted molar refractivity (Wildman–Crippen MR) is 121 cm³/mol. The molecule has 0 atom stereocenters. The second-order valence-corrected chi connectivity index (χ2v) is 7.98. The molecule has 2 aliphatic heterocycles. The fraction of sp³-hybridized carbons (Fsp3) is 0.458. The van der Waals surface area contributed by atoms with Gasteiger partial charge in [0.1, 0.15) is 0 Å². The molecular weight excluding hydrogens is 360 g/mol. The molecule has 4 rings (SSSR count). The predicted octanol–water partition coefficient (Wildman–Crippen LogP) is 3.83. The van der Waals surface area contributed by atoms with Crippen molar-refractivity contribution in [3.05, 3.63) is 54.6 Å². The maximum absolute atomic E-state index is 12.8. The van der Waals surface area contributed by atoms with E-state index in [1.165, 1.54) is 37.1 Å². The molecule has 2 fully saturated rings. The average molecular weight is 393 g/mol. The third-order valence-corrected chi connectivity index (χ3v) is 6.03. The summed E-state index contributed by atoms with van der Waals surface area (Å²) in [6.45, 7) is 5.91. The molecule has 5 nitrogen and oxygen atoms in total. The Morgan fingerprint density at radius 3 is 2.10 bits per heavy atom. The number of hydrogen-bond donors (Lipinski definition) is 1. The molecule has 29 heavy (non-hydrogen) atoms. The second-order valence-electron chi connectivity index (χ2n) is 7.98. The van der Waals surface area contributed by atoms with Crippen LogP contribution in [-0.2, 0) is 4.79 Å². The number of nitrogens with one attached hydrogen (secondary N) is 1. The van der Waals surface area contributed by atoms with Crippen molar-refractivity contribution in [2.75, 3.05) is 60.9 Å². The Bertz CT molecular complexity index is 778. The molecule has 0 unspecified atom stereocenters. The van der Waals surface area contributed by atoms with Gasteiger partial charge in [0.15, 0.2) is 0 Å². The van der Waals surface area contributed by atoms with Gasteiger partial charge < -0.3 is 20.0 Å². The van der Waals surface area contributed by atoms with Crippen molar-refractivity contribution in [3.63, 3.8) is 0 Å². The van der Waals surface area contributed by atoms with E-state index in [-0.39, 0.29) is 5.91 Å². The molecule has 2 aromatic carbocycles. The number of amides is 1. The number of rotatable bonds is 5. The minimum atomic E-state index is 0.184. The molecule has 154 valence electrons. The third-order valence-electron chi connectivity index (χ3n) is 6.03. The van der Waals surface area contributed by atoms with Crippen molar-refractivity contribution >= 4 is 23.0 Å². The van der Waals surface area contributed by atoms with Gasteiger partial charge in [-0.05, 0) is 37.1 Å². The van der Waals surface area contributed by atoms with Gasteiger partial charge in [0.05, 0.1) is 17.9 Å². The first-order chi connectivity index (χ1) is 14.3. The van der Waals surface area contributed by atoms with E-state index in [1.54, 1.807) is 0 Å². The first kappa shape index (κ1) is 19.6. The number of piperazine rings is 1. The Morgan fingerprint density at radius 1 is 0.724 bits per heavy atom. The van der Waals surface area contributed by atoms with Crippen LogP contribution >= 0.6 is 0 Å². The Balaban J connectivity index is 1.31. The number of carbonyl (C=O) groups excluding carboxylic acids is 1. The van der Waals surface area contributed by atoms with Crippen LogP contribution in [0.3, 0.4) is 0 Å². The van der Waals surface area contributed by atoms with Crippen LogP contribution < -0.4 is 15.1 Å². The van der Waals surface area contributed by atoms with Gasteiger partial charge >= 0.3 is 0 Å². The van der Waals surface area contributed by atoms with Crippen molar-refractivity contribution in [3.8, 4) is 0 Å². The van der Waals surface area contributed by atoms with E-state index in [2.05, 4.69) is 57.6 Å². The minimum Gasteiger partial charge on any atom is -0.374 e. The highest BCUT2D eigenvalue weighted by atomic mass is 16.2. The van der Waals surface area contributed by atoms with E-state index in [0.29, 0.717) is 6.54 Å². The SMILES string of the molecule is O=C(CNc1ccccc1N1CCCCCC1)N1CCN(c2ccccc2)CC1. The zero-order valence-corrected chi connectivity index (χ0v) is 17.2. The largest absolute Gasteiger partial charge is 0.374 e. The van der Waals surface area contributed by atoms with Crippen molar-refractivity contribution in [2.45, 2.75) is 25.7 Å². The molecule has 0 bridgehead atoms. The summed E-state index contributed by atoms with van der Waals surface area (Å²) in [5.74, 6) is 0.184. The van der Waals surface area contributed by atoms with Crippen LogP contribution in [-0.4, -0.2) is 56.6 Å². The summed E-state index contributed by atoms with van der Waals surface area (Å²) in [6.07, 6.45) is 5.14. The van der Waals surface area contributed by atoms with E-state index >= 15 is 0 Å². The second kappa shape index (κ2) is 9.68. The first-order valence-electron chi connectivity index (χ1n) is 11.0. The lowest BCUT2D eigenvalue weighted by Gasteiger charge is -2.36. The van der Waals surface area contributed by atoms with E-state index < -0.39 is 0 Å². The van der Waals surface area contributed by atoms with Gasteiger partial charge in [-0.25, -0.2) is 0 Å². The molecule has 0 spiro atoms. The average Bonchev–Trinajstić information content (AvgIpc) is 3.08. The number of benzene rings is 2. The Hall–Kier alpha value is -2.69. The van der Waals surface area contributed by atoms with Crippen LogP contribution in [0, 0.1) is 0 Å². The van der Waals surface area contributed by atoms with Crippen LogP contribution in [0.15, 0.2) is 54.6 Å². The summed E-state index contributed by atoms with van der Waals surface area (Å²) in [5, 5.41) is 3.42. The molecule has 0 aliphatic carbocycles. The van der Waals surface area contributed by atoms with Gasteiger partial charge in [-0.3, -0.25) is 4.79 Å². The van der Waals surface area contributed by atoms with Crippen molar-refractivity contribution in [1.29, 1.82) is 0 Å². The quantitative estimate of drug-likeness (QED) is 0.839. The lowest BCUT2D eigenvalue weighted by molar-refractivity contribution is -0.129. The van der Waals surface area contributed by atoms with Crippen LogP contribution in [0.4, 0.5) is 17.1 Å². The van der Waals surface area contributed by atoms with Crippen LogP contribution in [0.5, 0.6) is 0 Å². The Labute approximate surface area is 174 Å². The smallest absolute Gasteiger partial charge is 0.241 e. The normalized spacial score (nSPS) is 17.7. The molecule has 2 saturated heterocycles. The first-order valence-corrected chi connectivity index (χ1v) is 11.0. The third kappa shape index (κ3) is 5.03. The summed E-state index contributed by atoms with van der Waals surface area (Å²) < 4.78 is 0. The van der Waals surface area contributed by atoms with E-state index in [0.717, 1.165) is 45.0 Å². The maximum Gasteiger partial charge on any atom is 0.241 e. The van der Waals surface area contributed by atoms with Crippen molar-refractivity contribution < 1.29 is 4.79 Å². The van der Waals surface area contributed by atoms with Crippen LogP contribution in [0.25, 0.3) is 0 Å². The maximum atomic E-state index is 12.8. The summed E-state index contributed by atoms with van der Waals surface area (Å²) in [5.41, 5.74) is 3.55. The molecule has 0 aromatic heterocycles. The Morgan fingerprint density at radius 2 is 1.38 bits per heavy atom. The summed E-state index contributed by atoms with van der Waals surface area (Å²) in [4.78, 5) is 19.6. The fourth-order valence-corrected chi connectivity index (χ4v) is 4.35. The number of nitrogens with zero attached hydrogens (tertiary/aromatic N) is 3. The Kier molecular flexibility index (Phi) is 6.55. The molecule has 2 heterocycles. The highest BCUT2D eigenvalue weighted by Crippen LogP contribution is 2.28. The zero-order valence-electron chi connectivity index (χ0n) is 17.2. The van der Waals surface area contributed by atoms with Crippen LogP contribution in [0.2, 0.25) is 0 Å². The van der Waals surface area contributed by atoms with Crippen molar-refractivity contribution in [2.24, 2.45) is 0 Å². The number of carbonyl (C=O) groups is 1. The van der Waals surface area contributed by atoms with Gasteiger partial charge in [0, 0.05) is 45.0 Å². The summed E-state index contributed by atoms with van der Waals surface area (Å²) >= 11 is 0. The van der Waals surface area contributed by atoms with Crippen molar-refractivity contribution in [1.82, 2.24) is 4.90 Å². The fourth-order valence-electron chi connectivity index (χ4n) is 4.35. The summed E-state index contributed by atoms with van der Waals surface area (Å²) in [7, 11) is 0. The van der Waals surface area contributed by atoms with Gasteiger partial charge in [-0.1, -0.05) is 43.2 Å². The molecule has 5 heteroatoms. The zero-order chi connectivity index (χ0) is 19.9. The van der Waals surface area contributed by atoms with Gasteiger partial charge in [0.25, 0.3) is 0 Å². The van der Waals surface area contributed by atoms with E-state index in [1.807, 2.05) is 17.0 Å². The van der Waals surface area contributed by atoms with E-state index in [4.69, 9.17) is 0 Å². The molecule has 2 aromatic rings. The van der Waals surface area contributed by atoms with E-state index in [9.17, 15) is 4.79 Å². The number of anilines is 3. The van der Waals surface area contributed by atoms with Gasteiger partial charge in [-0.2, -0.15) is 0 Å². The monoisotopic (exact) mass is 392 g/mol. The topological polar surface area (TPSA) is 38.8 Å². The van der Waals surface area contributed by atoms with Gasteiger partial charge in [-0.15, -0.1) is 0 Å². The lowest BCUT2D eigenvalue weighted by Crippen LogP contribution is -2.50. The molecule has 1 N–H and O–H groups in total. The highest BCUT2D eigenvalue weighted by molar-refractivity contribution is 5.83.